The van der Waals surface area contributed by atoms with Crippen LogP contribution in [0.25, 0.3) is 10.8 Å². The molecule has 0 unspecified atom stereocenters. The van der Waals surface area contributed by atoms with Gasteiger partial charge in [0.25, 0.3) is 5.91 Å². The zero-order valence-electron chi connectivity index (χ0n) is 13.4. The largest absolute Gasteiger partial charge is 0.459 e. The number of anilines is 1. The highest BCUT2D eigenvalue weighted by molar-refractivity contribution is 7.13. The molecular weight excluding hydrogens is 310 g/mol. The predicted molar refractivity (Wildman–Crippen MR) is 91.0 cm³/mol. The second kappa shape index (κ2) is 5.96. The number of nitrogens with zero attached hydrogens (tertiary/aromatic N) is 2. The smallest absolute Gasteiger partial charge is 0.275 e. The number of aryl methyl sites for hydroxylation is 4. The van der Waals surface area contributed by atoms with Crippen molar-refractivity contribution in [2.24, 2.45) is 0 Å². The van der Waals surface area contributed by atoms with Gasteiger partial charge in [-0.05, 0) is 51.5 Å². The number of hydrogen-bond donors (Lipinski definition) is 1. The fourth-order valence-electron chi connectivity index (χ4n) is 2.43. The maximum atomic E-state index is 12.4. The zero-order valence-corrected chi connectivity index (χ0v) is 14.2. The molecule has 118 valence electrons. The van der Waals surface area contributed by atoms with Crippen LogP contribution in [0.2, 0.25) is 0 Å². The summed E-state index contributed by atoms with van der Waals surface area (Å²) >= 11 is 1.38. The van der Waals surface area contributed by atoms with Crippen LogP contribution in [-0.2, 0) is 0 Å². The first-order chi connectivity index (χ1) is 10.9. The molecule has 3 aromatic rings. The molecule has 1 N–H and O–H groups in total. The molecule has 0 radical (unpaired) electrons. The lowest BCUT2D eigenvalue weighted by Gasteiger charge is -2.10. The number of carbonyl (C=O) groups excluding carboxylic acids is 1. The van der Waals surface area contributed by atoms with Crippen molar-refractivity contribution >= 4 is 22.9 Å². The first kappa shape index (κ1) is 15.4. The summed E-state index contributed by atoms with van der Waals surface area (Å²) in [7, 11) is 0. The van der Waals surface area contributed by atoms with Crippen molar-refractivity contribution in [2.75, 3.05) is 5.32 Å². The number of rotatable bonds is 3. The third kappa shape index (κ3) is 3.17. The van der Waals surface area contributed by atoms with Gasteiger partial charge in [0, 0.05) is 11.1 Å². The maximum absolute atomic E-state index is 12.4. The molecule has 0 saturated heterocycles. The molecule has 3 aromatic heterocycles. The Morgan fingerprint density at radius 2 is 1.96 bits per heavy atom. The van der Waals surface area contributed by atoms with Gasteiger partial charge in [-0.15, -0.1) is 11.3 Å². The molecule has 0 aliphatic carbocycles. The second-order valence-electron chi connectivity index (χ2n) is 5.44. The van der Waals surface area contributed by atoms with Crippen LogP contribution in [0.3, 0.4) is 0 Å². The maximum Gasteiger partial charge on any atom is 0.275 e. The van der Waals surface area contributed by atoms with E-state index >= 15 is 0 Å². The minimum absolute atomic E-state index is 0.243. The zero-order chi connectivity index (χ0) is 16.6. The minimum Gasteiger partial charge on any atom is -0.459 e. The molecule has 6 heteroatoms. The van der Waals surface area contributed by atoms with Gasteiger partial charge >= 0.3 is 0 Å². The van der Waals surface area contributed by atoms with Crippen molar-refractivity contribution in [3.8, 4) is 10.8 Å². The summed E-state index contributed by atoms with van der Waals surface area (Å²) in [5.41, 5.74) is 3.83. The van der Waals surface area contributed by atoms with Gasteiger partial charge < -0.3 is 9.73 Å². The van der Waals surface area contributed by atoms with Gasteiger partial charge in [0.1, 0.15) is 11.5 Å². The van der Waals surface area contributed by atoms with Crippen molar-refractivity contribution in [3.63, 3.8) is 0 Å². The molecule has 0 aliphatic rings. The van der Waals surface area contributed by atoms with Gasteiger partial charge in [-0.2, -0.15) is 0 Å². The molecule has 1 amide bonds. The SMILES string of the molecule is Cc1cc(C)c(NC(=O)c2csc(-c3ccc(C)o3)n2)c(C)n1. The molecule has 0 aliphatic heterocycles. The van der Waals surface area contributed by atoms with E-state index in [0.29, 0.717) is 16.5 Å². The Morgan fingerprint density at radius 3 is 2.61 bits per heavy atom. The van der Waals surface area contributed by atoms with Crippen molar-refractivity contribution in [2.45, 2.75) is 27.7 Å². The molecule has 0 saturated carbocycles. The van der Waals surface area contributed by atoms with E-state index < -0.39 is 0 Å². The summed E-state index contributed by atoms with van der Waals surface area (Å²) in [6, 6.07) is 5.68. The van der Waals surface area contributed by atoms with Crippen LogP contribution in [0.1, 0.15) is 33.2 Å². The van der Waals surface area contributed by atoms with Gasteiger partial charge in [0.05, 0.1) is 11.4 Å². The Bertz CT molecular complexity index is 857. The monoisotopic (exact) mass is 327 g/mol. The van der Waals surface area contributed by atoms with E-state index in [0.717, 1.165) is 28.4 Å². The number of aromatic nitrogens is 2. The van der Waals surface area contributed by atoms with Crippen LogP contribution < -0.4 is 5.32 Å². The highest BCUT2D eigenvalue weighted by Crippen LogP contribution is 2.26. The van der Waals surface area contributed by atoms with Gasteiger partial charge in [-0.1, -0.05) is 0 Å². The van der Waals surface area contributed by atoms with Gasteiger partial charge in [0.2, 0.25) is 0 Å². The summed E-state index contributed by atoms with van der Waals surface area (Å²) in [5, 5.41) is 5.33. The van der Waals surface area contributed by atoms with Crippen molar-refractivity contribution in [1.82, 2.24) is 9.97 Å². The molecule has 23 heavy (non-hydrogen) atoms. The average molecular weight is 327 g/mol. The number of thiazole rings is 1. The van der Waals surface area contributed by atoms with E-state index in [1.807, 2.05) is 45.9 Å². The standard InChI is InChI=1S/C17H17N3O2S/c1-9-7-10(2)18-12(4)15(9)20-16(21)13-8-23-17(19-13)14-6-5-11(3)22-14/h5-8H,1-4H3,(H,20,21). The molecule has 0 aromatic carbocycles. The van der Waals surface area contributed by atoms with Crippen molar-refractivity contribution in [1.29, 1.82) is 0 Å². The lowest BCUT2D eigenvalue weighted by Crippen LogP contribution is -2.15. The topological polar surface area (TPSA) is 68.0 Å². The Labute approximate surface area is 138 Å². The van der Waals surface area contributed by atoms with E-state index in [1.165, 1.54) is 11.3 Å². The number of carbonyl (C=O) groups is 1. The fraction of sp³-hybridized carbons (Fsp3) is 0.235. The van der Waals surface area contributed by atoms with Crippen LogP contribution in [0.15, 0.2) is 28.0 Å². The van der Waals surface area contributed by atoms with Gasteiger partial charge in [-0.25, -0.2) is 4.98 Å². The normalized spacial score (nSPS) is 10.8. The molecular formula is C17H17N3O2S. The van der Waals surface area contributed by atoms with Crippen molar-refractivity contribution in [3.05, 3.63) is 52.0 Å². The van der Waals surface area contributed by atoms with E-state index in [1.54, 1.807) is 5.38 Å². The quantitative estimate of drug-likeness (QED) is 0.779. The van der Waals surface area contributed by atoms with E-state index in [9.17, 15) is 4.79 Å². The lowest BCUT2D eigenvalue weighted by atomic mass is 10.1. The summed E-state index contributed by atoms with van der Waals surface area (Å²) in [5.74, 6) is 1.25. The molecule has 0 spiro atoms. The number of hydrogen-bond acceptors (Lipinski definition) is 5. The Balaban J connectivity index is 1.83. The van der Waals surface area contributed by atoms with E-state index in [2.05, 4.69) is 15.3 Å². The second-order valence-corrected chi connectivity index (χ2v) is 6.30. The highest BCUT2D eigenvalue weighted by Gasteiger charge is 2.16. The van der Waals surface area contributed by atoms with Crippen LogP contribution in [0.5, 0.6) is 0 Å². The van der Waals surface area contributed by atoms with Gasteiger partial charge in [0.15, 0.2) is 10.8 Å². The average Bonchev–Trinajstić information content (AvgIpc) is 3.11. The number of amides is 1. The lowest BCUT2D eigenvalue weighted by molar-refractivity contribution is 0.102. The molecule has 3 rings (SSSR count). The highest BCUT2D eigenvalue weighted by atomic mass is 32.1. The summed E-state index contributed by atoms with van der Waals surface area (Å²) < 4.78 is 5.54. The fourth-order valence-corrected chi connectivity index (χ4v) is 3.19. The number of pyridine rings is 1. The Hall–Kier alpha value is -2.47. The number of nitrogens with one attached hydrogen (secondary N) is 1. The Kier molecular flexibility index (Phi) is 4.00. The van der Waals surface area contributed by atoms with Crippen LogP contribution in [-0.4, -0.2) is 15.9 Å². The van der Waals surface area contributed by atoms with Crippen molar-refractivity contribution < 1.29 is 9.21 Å². The molecule has 3 heterocycles. The van der Waals surface area contributed by atoms with E-state index in [-0.39, 0.29) is 5.91 Å². The van der Waals surface area contributed by atoms with Crippen LogP contribution in [0.4, 0.5) is 5.69 Å². The third-order valence-electron chi connectivity index (χ3n) is 3.45. The predicted octanol–water partition coefficient (Wildman–Crippen LogP) is 4.28. The first-order valence-electron chi connectivity index (χ1n) is 7.22. The number of furan rings is 1. The summed E-state index contributed by atoms with van der Waals surface area (Å²) in [4.78, 5) is 21.2. The van der Waals surface area contributed by atoms with E-state index in [4.69, 9.17) is 4.42 Å². The summed E-state index contributed by atoms with van der Waals surface area (Å²) in [6.45, 7) is 7.65. The molecule has 5 nitrogen and oxygen atoms in total. The Morgan fingerprint density at radius 1 is 1.17 bits per heavy atom. The van der Waals surface area contributed by atoms with Crippen LogP contribution in [0, 0.1) is 27.7 Å². The van der Waals surface area contributed by atoms with Crippen LogP contribution >= 0.6 is 11.3 Å². The molecule has 0 fully saturated rings. The molecule has 0 atom stereocenters. The minimum atomic E-state index is -0.243. The van der Waals surface area contributed by atoms with Gasteiger partial charge in [-0.3, -0.25) is 9.78 Å². The molecule has 0 bridgehead atoms. The summed E-state index contributed by atoms with van der Waals surface area (Å²) in [6.07, 6.45) is 0. The third-order valence-corrected chi connectivity index (χ3v) is 4.31. The first-order valence-corrected chi connectivity index (χ1v) is 8.10.